The van der Waals surface area contributed by atoms with Gasteiger partial charge in [0.1, 0.15) is 17.6 Å². The van der Waals surface area contributed by atoms with Crippen LogP contribution in [0.2, 0.25) is 0 Å². The molecular formula is C22H21N7O. The summed E-state index contributed by atoms with van der Waals surface area (Å²) in [5.41, 5.74) is 3.66. The van der Waals surface area contributed by atoms with Crippen molar-refractivity contribution in [1.82, 2.24) is 24.6 Å². The standard InChI is InChI=1S/C22H21N7O/c1-14(2)21-27-28-22-20(25-8-7-15-3-5-18(30)6-4-15)26-19(13-29(21)22)17-9-16(10-23)11-24-12-17/h3-6,9,11-14,30H,7-8H2,1-2H3,(H,25,26). The molecule has 4 aromatic rings. The van der Waals surface area contributed by atoms with Crippen LogP contribution in [-0.4, -0.2) is 36.2 Å². The average Bonchev–Trinajstić information content (AvgIpc) is 3.20. The van der Waals surface area contributed by atoms with Crippen LogP contribution in [0.4, 0.5) is 5.82 Å². The van der Waals surface area contributed by atoms with Crippen LogP contribution in [-0.2, 0) is 6.42 Å². The van der Waals surface area contributed by atoms with Gasteiger partial charge in [0.05, 0.1) is 11.3 Å². The Kier molecular flexibility index (Phi) is 5.26. The number of hydrogen-bond acceptors (Lipinski definition) is 7. The molecule has 0 bridgehead atoms. The molecule has 2 N–H and O–H groups in total. The number of nitriles is 1. The quantitative estimate of drug-likeness (QED) is 0.510. The van der Waals surface area contributed by atoms with E-state index in [1.54, 1.807) is 24.4 Å². The van der Waals surface area contributed by atoms with E-state index in [-0.39, 0.29) is 11.7 Å². The number of anilines is 1. The molecule has 0 spiro atoms. The molecule has 0 unspecified atom stereocenters. The van der Waals surface area contributed by atoms with Crippen LogP contribution >= 0.6 is 0 Å². The Labute approximate surface area is 173 Å². The molecule has 8 nitrogen and oxygen atoms in total. The predicted octanol–water partition coefficient (Wildman–Crippen LogP) is 3.54. The topological polar surface area (TPSA) is 112 Å². The van der Waals surface area contributed by atoms with Gasteiger partial charge in [-0.1, -0.05) is 26.0 Å². The van der Waals surface area contributed by atoms with Gasteiger partial charge < -0.3 is 10.4 Å². The number of fused-ring (bicyclic) bond motifs is 1. The van der Waals surface area contributed by atoms with Crippen molar-refractivity contribution in [3.8, 4) is 23.1 Å². The summed E-state index contributed by atoms with van der Waals surface area (Å²) in [7, 11) is 0. The Hall–Kier alpha value is -3.99. The zero-order chi connectivity index (χ0) is 21.1. The number of aromatic hydroxyl groups is 1. The largest absolute Gasteiger partial charge is 0.508 e. The lowest BCUT2D eigenvalue weighted by atomic mass is 10.1. The second kappa shape index (κ2) is 8.17. The number of phenols is 1. The van der Waals surface area contributed by atoms with Crippen molar-refractivity contribution < 1.29 is 5.11 Å². The highest BCUT2D eigenvalue weighted by Gasteiger charge is 2.16. The number of phenolic OH excluding ortho intramolecular Hbond substituents is 1. The lowest BCUT2D eigenvalue weighted by molar-refractivity contribution is 0.475. The molecular weight excluding hydrogens is 378 g/mol. The number of hydrogen-bond donors (Lipinski definition) is 2. The highest BCUT2D eigenvalue weighted by atomic mass is 16.3. The molecule has 0 radical (unpaired) electrons. The number of rotatable bonds is 6. The van der Waals surface area contributed by atoms with E-state index in [9.17, 15) is 10.4 Å². The van der Waals surface area contributed by atoms with E-state index in [4.69, 9.17) is 4.98 Å². The monoisotopic (exact) mass is 399 g/mol. The van der Waals surface area contributed by atoms with Crippen molar-refractivity contribution in [3.63, 3.8) is 0 Å². The molecule has 4 rings (SSSR count). The number of aromatic nitrogens is 5. The fourth-order valence-electron chi connectivity index (χ4n) is 3.19. The molecule has 3 heterocycles. The Balaban J connectivity index is 1.70. The van der Waals surface area contributed by atoms with Crippen molar-refractivity contribution in [2.24, 2.45) is 0 Å². The third-order valence-electron chi connectivity index (χ3n) is 4.74. The van der Waals surface area contributed by atoms with E-state index in [0.29, 0.717) is 29.3 Å². The first-order valence-corrected chi connectivity index (χ1v) is 9.68. The summed E-state index contributed by atoms with van der Waals surface area (Å²) >= 11 is 0. The minimum atomic E-state index is 0.184. The lowest BCUT2D eigenvalue weighted by Gasteiger charge is -2.11. The van der Waals surface area contributed by atoms with Crippen molar-refractivity contribution in [2.75, 3.05) is 11.9 Å². The number of nitrogens with zero attached hydrogens (tertiary/aromatic N) is 6. The lowest BCUT2D eigenvalue weighted by Crippen LogP contribution is -2.09. The SMILES string of the molecule is CC(C)c1nnc2c(NCCc3ccc(O)cc3)nc(-c3cncc(C#N)c3)cn12. The van der Waals surface area contributed by atoms with E-state index >= 15 is 0 Å². The third kappa shape index (κ3) is 3.91. The van der Waals surface area contributed by atoms with Crippen LogP contribution in [0.1, 0.15) is 36.7 Å². The fourth-order valence-corrected chi connectivity index (χ4v) is 3.19. The predicted molar refractivity (Wildman–Crippen MR) is 113 cm³/mol. The minimum Gasteiger partial charge on any atom is -0.508 e. The first-order valence-electron chi connectivity index (χ1n) is 9.68. The van der Waals surface area contributed by atoms with Crippen LogP contribution < -0.4 is 5.32 Å². The van der Waals surface area contributed by atoms with Gasteiger partial charge in [-0.2, -0.15) is 5.26 Å². The van der Waals surface area contributed by atoms with E-state index in [2.05, 4.69) is 40.4 Å². The van der Waals surface area contributed by atoms with Gasteiger partial charge >= 0.3 is 0 Å². The first-order chi connectivity index (χ1) is 14.5. The number of pyridine rings is 1. The van der Waals surface area contributed by atoms with E-state index in [0.717, 1.165) is 23.4 Å². The molecule has 0 saturated carbocycles. The fraction of sp³-hybridized carbons (Fsp3) is 0.227. The highest BCUT2D eigenvalue weighted by Crippen LogP contribution is 2.25. The summed E-state index contributed by atoms with van der Waals surface area (Å²) < 4.78 is 1.94. The van der Waals surface area contributed by atoms with Gasteiger partial charge in [0, 0.05) is 36.6 Å². The Morgan fingerprint density at radius 2 is 1.97 bits per heavy atom. The molecule has 0 fully saturated rings. The Morgan fingerprint density at radius 1 is 1.17 bits per heavy atom. The maximum absolute atomic E-state index is 9.43. The maximum atomic E-state index is 9.43. The third-order valence-corrected chi connectivity index (χ3v) is 4.74. The van der Waals surface area contributed by atoms with Gasteiger partial charge in [0.15, 0.2) is 5.82 Å². The highest BCUT2D eigenvalue weighted by molar-refractivity contribution is 5.69. The van der Waals surface area contributed by atoms with Crippen molar-refractivity contribution in [2.45, 2.75) is 26.2 Å². The van der Waals surface area contributed by atoms with Crippen LogP contribution in [0.15, 0.2) is 48.9 Å². The van der Waals surface area contributed by atoms with E-state index < -0.39 is 0 Å². The van der Waals surface area contributed by atoms with Crippen molar-refractivity contribution in [1.29, 1.82) is 5.26 Å². The van der Waals surface area contributed by atoms with Crippen LogP contribution in [0.3, 0.4) is 0 Å². The summed E-state index contributed by atoms with van der Waals surface area (Å²) in [6, 6.07) is 11.0. The first kappa shape index (κ1) is 19.3. The molecule has 0 aliphatic heterocycles. The van der Waals surface area contributed by atoms with Gasteiger partial charge in [-0.15, -0.1) is 10.2 Å². The van der Waals surface area contributed by atoms with Crippen molar-refractivity contribution >= 4 is 11.5 Å². The van der Waals surface area contributed by atoms with Gasteiger partial charge in [0.2, 0.25) is 5.65 Å². The molecule has 0 atom stereocenters. The van der Waals surface area contributed by atoms with E-state index in [1.165, 1.54) is 6.20 Å². The molecule has 8 heteroatoms. The summed E-state index contributed by atoms with van der Waals surface area (Å²) in [5.74, 6) is 1.89. The summed E-state index contributed by atoms with van der Waals surface area (Å²) in [5, 5.41) is 30.7. The summed E-state index contributed by atoms with van der Waals surface area (Å²) in [6.07, 6.45) is 5.86. The molecule has 0 saturated heterocycles. The zero-order valence-corrected chi connectivity index (χ0v) is 16.7. The van der Waals surface area contributed by atoms with Crippen LogP contribution in [0, 0.1) is 11.3 Å². The van der Waals surface area contributed by atoms with Crippen molar-refractivity contribution in [3.05, 3.63) is 65.9 Å². The van der Waals surface area contributed by atoms with Gasteiger partial charge in [-0.05, 0) is 30.2 Å². The Morgan fingerprint density at radius 3 is 2.70 bits per heavy atom. The molecule has 30 heavy (non-hydrogen) atoms. The molecule has 1 aromatic carbocycles. The van der Waals surface area contributed by atoms with Gasteiger partial charge in [0.25, 0.3) is 0 Å². The molecule has 3 aromatic heterocycles. The average molecular weight is 399 g/mol. The second-order valence-electron chi connectivity index (χ2n) is 7.30. The molecule has 0 amide bonds. The Bertz CT molecular complexity index is 1220. The van der Waals surface area contributed by atoms with Crippen LogP contribution in [0.25, 0.3) is 16.9 Å². The maximum Gasteiger partial charge on any atom is 0.203 e. The van der Waals surface area contributed by atoms with E-state index in [1.807, 2.05) is 22.7 Å². The summed E-state index contributed by atoms with van der Waals surface area (Å²) in [6.45, 7) is 4.76. The molecule has 150 valence electrons. The summed E-state index contributed by atoms with van der Waals surface area (Å²) in [4.78, 5) is 8.89. The second-order valence-corrected chi connectivity index (χ2v) is 7.30. The van der Waals surface area contributed by atoms with Crippen LogP contribution in [0.5, 0.6) is 5.75 Å². The number of benzene rings is 1. The number of nitrogens with one attached hydrogen (secondary N) is 1. The zero-order valence-electron chi connectivity index (χ0n) is 16.7. The normalized spacial score (nSPS) is 11.0. The minimum absolute atomic E-state index is 0.184. The smallest absolute Gasteiger partial charge is 0.203 e. The molecule has 0 aliphatic rings. The van der Waals surface area contributed by atoms with Gasteiger partial charge in [-0.3, -0.25) is 9.38 Å². The van der Waals surface area contributed by atoms with Gasteiger partial charge in [-0.25, -0.2) is 4.98 Å². The molecule has 0 aliphatic carbocycles.